The van der Waals surface area contributed by atoms with Crippen LogP contribution in [0.1, 0.15) is 39.2 Å². The van der Waals surface area contributed by atoms with Crippen LogP contribution in [-0.2, 0) is 30.4 Å². The number of aliphatic carboxylic acids is 1. The summed E-state index contributed by atoms with van der Waals surface area (Å²) in [6.45, 7) is 4.75. The molecule has 188 valence electrons. The molecule has 0 aliphatic carbocycles. The van der Waals surface area contributed by atoms with Gasteiger partial charge in [0.05, 0.1) is 12.5 Å². The Balaban J connectivity index is 2.78. The van der Waals surface area contributed by atoms with Gasteiger partial charge in [-0.3, -0.25) is 19.2 Å². The van der Waals surface area contributed by atoms with Crippen molar-refractivity contribution < 1.29 is 34.2 Å². The maximum absolute atomic E-state index is 12.6. The van der Waals surface area contributed by atoms with Crippen molar-refractivity contribution in [2.75, 3.05) is 0 Å². The second kappa shape index (κ2) is 13.1. The van der Waals surface area contributed by atoms with Gasteiger partial charge in [0.15, 0.2) is 0 Å². The first-order valence-electron chi connectivity index (χ1n) is 10.8. The maximum Gasteiger partial charge on any atom is 0.326 e. The SMILES string of the molecule is CCC(C)C(NC(=O)C(CC(N)=O)NC(=O)C(C)NC(=O)C(N)Cc1ccc(O)cc1)C(=O)O. The van der Waals surface area contributed by atoms with Gasteiger partial charge < -0.3 is 37.6 Å². The van der Waals surface area contributed by atoms with E-state index in [1.807, 2.05) is 0 Å². The number of amides is 4. The van der Waals surface area contributed by atoms with Crippen LogP contribution in [0.25, 0.3) is 0 Å². The number of hydrogen-bond donors (Lipinski definition) is 7. The second-order valence-corrected chi connectivity index (χ2v) is 8.15. The Hall–Kier alpha value is -3.67. The van der Waals surface area contributed by atoms with E-state index in [0.29, 0.717) is 12.0 Å². The number of carbonyl (C=O) groups excluding carboxylic acids is 4. The molecule has 0 saturated carbocycles. The zero-order valence-electron chi connectivity index (χ0n) is 19.4. The van der Waals surface area contributed by atoms with Crippen molar-refractivity contribution in [1.29, 1.82) is 0 Å². The van der Waals surface area contributed by atoms with E-state index >= 15 is 0 Å². The number of carbonyl (C=O) groups is 5. The van der Waals surface area contributed by atoms with Crippen molar-refractivity contribution in [3.63, 3.8) is 0 Å². The van der Waals surface area contributed by atoms with Crippen molar-refractivity contribution in [2.45, 2.75) is 64.2 Å². The smallest absolute Gasteiger partial charge is 0.326 e. The van der Waals surface area contributed by atoms with E-state index in [-0.39, 0.29) is 12.2 Å². The molecule has 0 saturated heterocycles. The van der Waals surface area contributed by atoms with Crippen LogP contribution in [0.4, 0.5) is 0 Å². The molecule has 0 aromatic heterocycles. The van der Waals surface area contributed by atoms with E-state index in [0.717, 1.165) is 0 Å². The van der Waals surface area contributed by atoms with Gasteiger partial charge in [-0.1, -0.05) is 32.4 Å². The average Bonchev–Trinajstić information content (AvgIpc) is 2.76. The first-order chi connectivity index (χ1) is 15.8. The lowest BCUT2D eigenvalue weighted by Gasteiger charge is -2.25. The molecule has 9 N–H and O–H groups in total. The second-order valence-electron chi connectivity index (χ2n) is 8.15. The number of carboxylic acid groups (broad SMARTS) is 1. The highest BCUT2D eigenvalue weighted by molar-refractivity contribution is 5.96. The van der Waals surface area contributed by atoms with E-state index in [2.05, 4.69) is 16.0 Å². The molecular formula is C22H33N5O7. The third-order valence-electron chi connectivity index (χ3n) is 5.30. The summed E-state index contributed by atoms with van der Waals surface area (Å²) in [4.78, 5) is 60.4. The summed E-state index contributed by atoms with van der Waals surface area (Å²) < 4.78 is 0. The average molecular weight is 480 g/mol. The number of rotatable bonds is 13. The van der Waals surface area contributed by atoms with E-state index in [1.165, 1.54) is 19.1 Å². The van der Waals surface area contributed by atoms with Gasteiger partial charge >= 0.3 is 5.97 Å². The third-order valence-corrected chi connectivity index (χ3v) is 5.30. The first kappa shape index (κ1) is 28.4. The molecule has 12 heteroatoms. The number of benzene rings is 1. The summed E-state index contributed by atoms with van der Waals surface area (Å²) in [6.07, 6.45) is 0.0579. The maximum atomic E-state index is 12.6. The monoisotopic (exact) mass is 479 g/mol. The van der Waals surface area contributed by atoms with Crippen LogP contribution in [0.3, 0.4) is 0 Å². The lowest BCUT2D eigenvalue weighted by molar-refractivity contribution is -0.144. The normalized spacial score (nSPS) is 15.2. The summed E-state index contributed by atoms with van der Waals surface area (Å²) in [5.74, 6) is -4.78. The van der Waals surface area contributed by atoms with Crippen LogP contribution in [0.2, 0.25) is 0 Å². The van der Waals surface area contributed by atoms with Crippen LogP contribution < -0.4 is 27.4 Å². The fourth-order valence-electron chi connectivity index (χ4n) is 3.01. The van der Waals surface area contributed by atoms with Crippen LogP contribution in [0.15, 0.2) is 24.3 Å². The number of phenolic OH excluding ortho intramolecular Hbond substituents is 1. The van der Waals surface area contributed by atoms with E-state index < -0.39 is 66.1 Å². The molecule has 4 amide bonds. The van der Waals surface area contributed by atoms with Crippen molar-refractivity contribution in [3.05, 3.63) is 29.8 Å². The number of hydrogen-bond acceptors (Lipinski definition) is 7. The largest absolute Gasteiger partial charge is 0.508 e. The fraction of sp³-hybridized carbons (Fsp3) is 0.500. The molecule has 0 bridgehead atoms. The van der Waals surface area contributed by atoms with Crippen molar-refractivity contribution in [2.24, 2.45) is 17.4 Å². The molecule has 1 aromatic rings. The number of carboxylic acids is 1. The number of nitrogens with one attached hydrogen (secondary N) is 3. The molecule has 12 nitrogen and oxygen atoms in total. The van der Waals surface area contributed by atoms with Crippen molar-refractivity contribution >= 4 is 29.6 Å². The Kier molecular flexibility index (Phi) is 11.0. The van der Waals surface area contributed by atoms with Gasteiger partial charge in [0, 0.05) is 0 Å². The minimum atomic E-state index is -1.43. The molecule has 5 atom stereocenters. The molecule has 1 aromatic carbocycles. The summed E-state index contributed by atoms with van der Waals surface area (Å²) in [5, 5.41) is 25.8. The Morgan fingerprint density at radius 1 is 0.941 bits per heavy atom. The lowest BCUT2D eigenvalue weighted by Crippen LogP contribution is -2.57. The predicted molar refractivity (Wildman–Crippen MR) is 122 cm³/mol. The zero-order chi connectivity index (χ0) is 26.0. The molecule has 0 heterocycles. The van der Waals surface area contributed by atoms with Gasteiger partial charge in [0.25, 0.3) is 0 Å². The van der Waals surface area contributed by atoms with Crippen LogP contribution in [-0.4, -0.2) is 64.0 Å². The topological polar surface area (TPSA) is 214 Å². The minimum Gasteiger partial charge on any atom is -0.508 e. The molecule has 0 aliphatic rings. The van der Waals surface area contributed by atoms with E-state index in [9.17, 15) is 34.2 Å². The molecule has 5 unspecified atom stereocenters. The van der Waals surface area contributed by atoms with Crippen LogP contribution in [0.5, 0.6) is 5.75 Å². The first-order valence-corrected chi connectivity index (χ1v) is 10.8. The quantitative estimate of drug-likeness (QED) is 0.181. The Bertz CT molecular complexity index is 890. The molecule has 0 aliphatic heterocycles. The van der Waals surface area contributed by atoms with E-state index in [1.54, 1.807) is 26.0 Å². The summed E-state index contributed by atoms with van der Waals surface area (Å²) in [7, 11) is 0. The number of aromatic hydroxyl groups is 1. The van der Waals surface area contributed by atoms with Gasteiger partial charge in [0.2, 0.25) is 23.6 Å². The third kappa shape index (κ3) is 9.06. The Labute approximate surface area is 197 Å². The highest BCUT2D eigenvalue weighted by Crippen LogP contribution is 2.11. The minimum absolute atomic E-state index is 0.0699. The summed E-state index contributed by atoms with van der Waals surface area (Å²) in [5.41, 5.74) is 11.8. The molecule has 34 heavy (non-hydrogen) atoms. The van der Waals surface area contributed by atoms with E-state index in [4.69, 9.17) is 11.5 Å². The van der Waals surface area contributed by atoms with Gasteiger partial charge in [-0.05, 0) is 37.0 Å². The van der Waals surface area contributed by atoms with Crippen molar-refractivity contribution in [1.82, 2.24) is 16.0 Å². The Morgan fingerprint density at radius 2 is 1.53 bits per heavy atom. The predicted octanol–water partition coefficient (Wildman–Crippen LogP) is -1.26. The van der Waals surface area contributed by atoms with Crippen LogP contribution >= 0.6 is 0 Å². The van der Waals surface area contributed by atoms with Gasteiger partial charge in [0.1, 0.15) is 23.9 Å². The van der Waals surface area contributed by atoms with Crippen LogP contribution in [0, 0.1) is 5.92 Å². The standard InChI is InChI=1S/C22H33N5O7/c1-4-11(2)18(22(33)34)27-21(32)16(10-17(24)29)26-19(30)12(3)25-20(31)15(23)9-13-5-7-14(28)8-6-13/h5-8,11-12,15-16,18,28H,4,9-10,23H2,1-3H3,(H2,24,29)(H,25,31)(H,26,30)(H,27,32)(H,33,34). The zero-order valence-corrected chi connectivity index (χ0v) is 19.4. The number of phenols is 1. The highest BCUT2D eigenvalue weighted by Gasteiger charge is 2.31. The number of nitrogens with two attached hydrogens (primary N) is 2. The van der Waals surface area contributed by atoms with Gasteiger partial charge in [-0.25, -0.2) is 4.79 Å². The fourth-order valence-corrected chi connectivity index (χ4v) is 3.01. The number of primary amides is 1. The summed E-state index contributed by atoms with van der Waals surface area (Å²) in [6, 6.07) is 1.36. The van der Waals surface area contributed by atoms with Gasteiger partial charge in [-0.15, -0.1) is 0 Å². The molecule has 0 radical (unpaired) electrons. The van der Waals surface area contributed by atoms with Gasteiger partial charge in [-0.2, -0.15) is 0 Å². The highest BCUT2D eigenvalue weighted by atomic mass is 16.4. The molecule has 0 fully saturated rings. The molecular weight excluding hydrogens is 446 g/mol. The summed E-state index contributed by atoms with van der Waals surface area (Å²) >= 11 is 0. The lowest BCUT2D eigenvalue weighted by atomic mass is 9.98. The molecule has 1 rings (SSSR count). The Morgan fingerprint density at radius 3 is 2.03 bits per heavy atom. The van der Waals surface area contributed by atoms with Crippen molar-refractivity contribution in [3.8, 4) is 5.75 Å². The molecule has 0 spiro atoms.